The Morgan fingerprint density at radius 3 is 2.14 bits per heavy atom. The van der Waals surface area contributed by atoms with Crippen LogP contribution in [-0.4, -0.2) is 53.6 Å². The van der Waals surface area contributed by atoms with Crippen molar-refractivity contribution in [1.29, 1.82) is 0 Å². The fourth-order valence-electron chi connectivity index (χ4n) is 3.53. The van der Waals surface area contributed by atoms with Gasteiger partial charge in [-0.05, 0) is 56.3 Å². The molecule has 8 heteroatoms. The van der Waals surface area contributed by atoms with Crippen LogP contribution < -0.4 is 14.8 Å². The number of ether oxygens (including phenoxy) is 2. The standard InChI is InChI=1S/C15H22N2O4S.C7H8.C5H10.C2H6O/c1-11(2)9-17(7-3-6-16-15(18)19)22-12-4-5-13-14(8-12)21-10-20-13;1-7-5-3-2-4-6-7;1-2-4-5-3-1;1-2-3/h4-5,8,11,16H,3,6-7,9-10H2,1-2H3,(H,18,19);2-6H,1H3;1-5H2;3H,2H2,1H3. The number of carboxylic acid groups (broad SMARTS) is 1. The largest absolute Gasteiger partial charge is 0.465 e. The van der Waals surface area contributed by atoms with Crippen molar-refractivity contribution in [2.24, 2.45) is 5.92 Å². The Balaban J connectivity index is 0.000000367. The van der Waals surface area contributed by atoms with Gasteiger partial charge in [0, 0.05) is 31.1 Å². The Kier molecular flexibility index (Phi) is 18.2. The summed E-state index contributed by atoms with van der Waals surface area (Å²) < 4.78 is 13.0. The zero-order chi connectivity index (χ0) is 27.3. The first-order valence-corrected chi connectivity index (χ1v) is 14.0. The van der Waals surface area contributed by atoms with Gasteiger partial charge in [0.2, 0.25) is 6.79 Å². The van der Waals surface area contributed by atoms with Crippen LogP contribution >= 0.6 is 11.9 Å². The lowest BCUT2D eigenvalue weighted by Crippen LogP contribution is -2.27. The smallest absolute Gasteiger partial charge is 0.404 e. The second kappa shape index (κ2) is 20.6. The van der Waals surface area contributed by atoms with Gasteiger partial charge in [-0.2, -0.15) is 0 Å². The lowest BCUT2D eigenvalue weighted by atomic mass is 10.2. The summed E-state index contributed by atoms with van der Waals surface area (Å²) in [4.78, 5) is 11.6. The predicted molar refractivity (Wildman–Crippen MR) is 153 cm³/mol. The lowest BCUT2D eigenvalue weighted by molar-refractivity contribution is 0.174. The molecule has 1 fully saturated rings. The molecule has 1 heterocycles. The lowest BCUT2D eigenvalue weighted by Gasteiger charge is -2.23. The molecule has 0 unspecified atom stereocenters. The van der Waals surface area contributed by atoms with Crippen LogP contribution in [0.15, 0.2) is 53.4 Å². The average molecular weight is 535 g/mol. The minimum Gasteiger partial charge on any atom is -0.465 e. The van der Waals surface area contributed by atoms with E-state index in [4.69, 9.17) is 19.7 Å². The molecule has 7 nitrogen and oxygen atoms in total. The van der Waals surface area contributed by atoms with Gasteiger partial charge in [0.1, 0.15) is 0 Å². The molecule has 0 bridgehead atoms. The van der Waals surface area contributed by atoms with E-state index in [2.05, 4.69) is 42.5 Å². The van der Waals surface area contributed by atoms with E-state index >= 15 is 0 Å². The molecule has 1 aliphatic carbocycles. The van der Waals surface area contributed by atoms with Crippen LogP contribution in [0.5, 0.6) is 11.5 Å². The third-order valence-electron chi connectivity index (χ3n) is 5.20. The Morgan fingerprint density at radius 1 is 1.03 bits per heavy atom. The number of nitrogens with zero attached hydrogens (tertiary/aromatic N) is 1. The summed E-state index contributed by atoms with van der Waals surface area (Å²) in [5.41, 5.74) is 1.32. The van der Waals surface area contributed by atoms with Crippen LogP contribution in [0.1, 0.15) is 64.9 Å². The first-order chi connectivity index (χ1) is 17.8. The topological polar surface area (TPSA) is 91.3 Å². The number of hydrogen-bond donors (Lipinski definition) is 3. The molecule has 0 saturated heterocycles. The Bertz CT molecular complexity index is 840. The maximum atomic E-state index is 10.5. The molecule has 0 aromatic heterocycles. The number of rotatable bonds is 8. The van der Waals surface area contributed by atoms with E-state index in [-0.39, 0.29) is 13.4 Å². The molecule has 3 N–H and O–H groups in total. The first kappa shape index (κ1) is 32.6. The number of aliphatic hydroxyl groups excluding tert-OH is 1. The Hall–Kier alpha value is -2.42. The van der Waals surface area contributed by atoms with Crippen molar-refractivity contribution in [1.82, 2.24) is 9.62 Å². The fraction of sp³-hybridized carbons (Fsp3) is 0.552. The van der Waals surface area contributed by atoms with E-state index in [1.54, 1.807) is 18.9 Å². The van der Waals surface area contributed by atoms with Crippen LogP contribution in [0.3, 0.4) is 0 Å². The predicted octanol–water partition coefficient (Wildman–Crippen LogP) is 6.98. The highest BCUT2D eigenvalue weighted by Gasteiger charge is 2.16. The zero-order valence-corrected chi connectivity index (χ0v) is 23.8. The molecular weight excluding hydrogens is 488 g/mol. The van der Waals surface area contributed by atoms with Crippen molar-refractivity contribution in [3.05, 3.63) is 54.1 Å². The minimum absolute atomic E-state index is 0.250. The fourth-order valence-corrected chi connectivity index (χ4v) is 4.71. The maximum Gasteiger partial charge on any atom is 0.404 e. The number of benzene rings is 2. The van der Waals surface area contributed by atoms with Crippen molar-refractivity contribution in [3.8, 4) is 11.5 Å². The molecular formula is C29H46N2O5S. The number of nitrogens with one attached hydrogen (secondary N) is 1. The number of hydrogen-bond acceptors (Lipinski definition) is 6. The normalized spacial score (nSPS) is 13.1. The van der Waals surface area contributed by atoms with Gasteiger partial charge in [0.05, 0.1) is 0 Å². The SMILES string of the molecule is C1CCCC1.CC(C)CN(CCCNC(=O)O)Sc1ccc2c(c1)OCO2.CCO.Cc1ccccc1. The summed E-state index contributed by atoms with van der Waals surface area (Å²) in [5, 5.41) is 18.6. The van der Waals surface area contributed by atoms with E-state index in [1.165, 1.54) is 37.7 Å². The summed E-state index contributed by atoms with van der Waals surface area (Å²) >= 11 is 1.66. The van der Waals surface area contributed by atoms with E-state index in [0.717, 1.165) is 35.9 Å². The van der Waals surface area contributed by atoms with Gasteiger partial charge in [-0.1, -0.05) is 81.8 Å². The molecule has 4 rings (SSSR count). The van der Waals surface area contributed by atoms with Crippen molar-refractivity contribution < 1.29 is 24.5 Å². The number of aliphatic hydroxyl groups is 1. The van der Waals surface area contributed by atoms with Crippen molar-refractivity contribution >= 4 is 18.0 Å². The number of aryl methyl sites for hydroxylation is 1. The number of amides is 1. The van der Waals surface area contributed by atoms with Crippen LogP contribution in [0.2, 0.25) is 0 Å². The van der Waals surface area contributed by atoms with Gasteiger partial charge in [0.15, 0.2) is 11.5 Å². The summed E-state index contributed by atoms with van der Waals surface area (Å²) in [7, 11) is 0. The van der Waals surface area contributed by atoms with Gasteiger partial charge in [-0.15, -0.1) is 0 Å². The van der Waals surface area contributed by atoms with Gasteiger partial charge >= 0.3 is 6.09 Å². The highest BCUT2D eigenvalue weighted by Crippen LogP contribution is 2.36. The van der Waals surface area contributed by atoms with Gasteiger partial charge in [-0.3, -0.25) is 0 Å². The van der Waals surface area contributed by atoms with E-state index in [0.29, 0.717) is 12.5 Å². The van der Waals surface area contributed by atoms with Crippen LogP contribution in [0.25, 0.3) is 0 Å². The van der Waals surface area contributed by atoms with Gasteiger partial charge in [0.25, 0.3) is 0 Å². The molecule has 208 valence electrons. The molecule has 37 heavy (non-hydrogen) atoms. The van der Waals surface area contributed by atoms with Crippen molar-refractivity contribution in [2.45, 2.75) is 71.1 Å². The molecule has 2 aromatic carbocycles. The Morgan fingerprint density at radius 2 is 1.62 bits per heavy atom. The summed E-state index contributed by atoms with van der Waals surface area (Å²) in [6, 6.07) is 16.2. The highest BCUT2D eigenvalue weighted by molar-refractivity contribution is 7.97. The van der Waals surface area contributed by atoms with E-state index in [1.807, 2.05) is 36.4 Å². The minimum atomic E-state index is -0.973. The molecule has 1 aliphatic heterocycles. The highest BCUT2D eigenvalue weighted by atomic mass is 32.2. The third-order valence-corrected chi connectivity index (χ3v) is 6.25. The molecule has 0 atom stereocenters. The van der Waals surface area contributed by atoms with Crippen LogP contribution in [-0.2, 0) is 0 Å². The zero-order valence-electron chi connectivity index (χ0n) is 22.9. The second-order valence-electron chi connectivity index (χ2n) is 9.21. The number of carbonyl (C=O) groups is 1. The molecule has 0 spiro atoms. The first-order valence-electron chi connectivity index (χ1n) is 13.3. The van der Waals surface area contributed by atoms with Crippen LogP contribution in [0.4, 0.5) is 4.79 Å². The summed E-state index contributed by atoms with van der Waals surface area (Å²) in [6.45, 7) is 10.8. The number of fused-ring (bicyclic) bond motifs is 1. The molecule has 2 aromatic rings. The monoisotopic (exact) mass is 534 g/mol. The van der Waals surface area contributed by atoms with Crippen molar-refractivity contribution in [2.75, 3.05) is 33.0 Å². The van der Waals surface area contributed by atoms with E-state index < -0.39 is 6.09 Å². The third kappa shape index (κ3) is 16.9. The maximum absolute atomic E-state index is 10.5. The van der Waals surface area contributed by atoms with Gasteiger partial charge < -0.3 is 25.0 Å². The summed E-state index contributed by atoms with van der Waals surface area (Å²) in [5.74, 6) is 2.10. The Labute approximate surface area is 227 Å². The van der Waals surface area contributed by atoms with Gasteiger partial charge in [-0.25, -0.2) is 9.10 Å². The molecule has 2 aliphatic rings. The molecule has 0 radical (unpaired) electrons. The van der Waals surface area contributed by atoms with E-state index in [9.17, 15) is 4.79 Å². The van der Waals surface area contributed by atoms with Crippen LogP contribution in [0, 0.1) is 12.8 Å². The molecule has 1 saturated carbocycles. The molecule has 1 amide bonds. The van der Waals surface area contributed by atoms with Crippen molar-refractivity contribution in [3.63, 3.8) is 0 Å². The summed E-state index contributed by atoms with van der Waals surface area (Å²) in [6.07, 6.45) is 7.30. The quantitative estimate of drug-likeness (QED) is 0.248. The average Bonchev–Trinajstić information content (AvgIpc) is 3.58. The second-order valence-corrected chi connectivity index (χ2v) is 10.4.